The highest BCUT2D eigenvalue weighted by Crippen LogP contribution is 2.35. The van der Waals surface area contributed by atoms with E-state index in [1.807, 2.05) is 0 Å². The van der Waals surface area contributed by atoms with Gasteiger partial charge in [-0.3, -0.25) is 0 Å². The van der Waals surface area contributed by atoms with Crippen LogP contribution in [-0.2, 0) is 0 Å². The topological polar surface area (TPSA) is 26.0 Å². The summed E-state index contributed by atoms with van der Waals surface area (Å²) in [6, 6.07) is 0. The molecular formula is C5H11Br2N. The molecule has 50 valence electrons. The first-order valence-corrected chi connectivity index (χ1v) is 3.74. The van der Waals surface area contributed by atoms with Gasteiger partial charge in [0.15, 0.2) is 0 Å². The molecule has 0 unspecified atom stereocenters. The van der Waals surface area contributed by atoms with Crippen molar-refractivity contribution < 1.29 is 0 Å². The first-order valence-electron chi connectivity index (χ1n) is 2.62. The molecular weight excluding hydrogens is 234 g/mol. The second-order valence-electron chi connectivity index (χ2n) is 2.30. The van der Waals surface area contributed by atoms with Crippen LogP contribution in [0, 0.1) is 0 Å². The first kappa shape index (κ1) is 8.92. The van der Waals surface area contributed by atoms with Crippen LogP contribution in [-0.4, -0.2) is 10.9 Å². The van der Waals surface area contributed by atoms with E-state index in [4.69, 9.17) is 5.73 Å². The average molecular weight is 245 g/mol. The Balaban J connectivity index is 0.000000490. The molecule has 1 fully saturated rings. The molecule has 0 aromatic rings. The van der Waals surface area contributed by atoms with Crippen molar-refractivity contribution in [1.29, 1.82) is 0 Å². The van der Waals surface area contributed by atoms with Crippen LogP contribution in [0.2, 0.25) is 0 Å². The summed E-state index contributed by atoms with van der Waals surface area (Å²) < 4.78 is 0. The summed E-state index contributed by atoms with van der Waals surface area (Å²) in [6.07, 6.45) is 3.62. The molecule has 0 aromatic carbocycles. The predicted molar refractivity (Wildman–Crippen MR) is 44.9 cm³/mol. The molecule has 0 spiro atoms. The van der Waals surface area contributed by atoms with Crippen molar-refractivity contribution in [1.82, 2.24) is 0 Å². The van der Waals surface area contributed by atoms with Gasteiger partial charge in [-0.1, -0.05) is 15.9 Å². The Bertz CT molecular complexity index is 70.8. The highest BCUT2D eigenvalue weighted by Gasteiger charge is 2.36. The number of nitrogens with two attached hydrogens (primary N) is 1. The minimum atomic E-state index is 0. The van der Waals surface area contributed by atoms with Crippen molar-refractivity contribution in [2.75, 3.05) is 5.33 Å². The fourth-order valence-electron chi connectivity index (χ4n) is 0.599. The number of hydrogen-bond donors (Lipinski definition) is 1. The molecule has 0 bridgehead atoms. The zero-order valence-corrected chi connectivity index (χ0v) is 7.99. The molecule has 1 aliphatic carbocycles. The Morgan fingerprint density at radius 3 is 2.12 bits per heavy atom. The third-order valence-corrected chi connectivity index (χ3v) is 1.88. The normalized spacial score (nSPS) is 21.8. The number of hydrogen-bond acceptors (Lipinski definition) is 1. The maximum absolute atomic E-state index is 5.73. The average Bonchev–Trinajstić information content (AvgIpc) is 2.22. The molecule has 0 amide bonds. The van der Waals surface area contributed by atoms with Crippen molar-refractivity contribution in [3.63, 3.8) is 0 Å². The van der Waals surface area contributed by atoms with Crippen molar-refractivity contribution in [2.24, 2.45) is 5.73 Å². The van der Waals surface area contributed by atoms with E-state index in [1.54, 1.807) is 0 Å². The van der Waals surface area contributed by atoms with E-state index in [0.29, 0.717) is 0 Å². The third-order valence-electron chi connectivity index (χ3n) is 1.48. The Kier molecular flexibility index (Phi) is 3.55. The maximum atomic E-state index is 5.73. The standard InChI is InChI=1S/C5H10BrN.BrH/c6-4-3-5(7)1-2-5;/h1-4,7H2;1H. The molecule has 1 aliphatic rings. The van der Waals surface area contributed by atoms with Gasteiger partial charge in [0.05, 0.1) is 0 Å². The minimum absolute atomic E-state index is 0. The molecule has 0 heterocycles. The third kappa shape index (κ3) is 2.46. The highest BCUT2D eigenvalue weighted by molar-refractivity contribution is 9.09. The van der Waals surface area contributed by atoms with E-state index in [9.17, 15) is 0 Å². The van der Waals surface area contributed by atoms with Gasteiger partial charge in [0.25, 0.3) is 0 Å². The van der Waals surface area contributed by atoms with Gasteiger partial charge in [-0.05, 0) is 19.3 Å². The summed E-state index contributed by atoms with van der Waals surface area (Å²) in [6.45, 7) is 0. The van der Waals surface area contributed by atoms with E-state index in [1.165, 1.54) is 12.8 Å². The van der Waals surface area contributed by atoms with E-state index >= 15 is 0 Å². The lowest BCUT2D eigenvalue weighted by atomic mass is 10.2. The smallest absolute Gasteiger partial charge is 0.0163 e. The Morgan fingerprint density at radius 2 is 2.00 bits per heavy atom. The molecule has 0 radical (unpaired) electrons. The maximum Gasteiger partial charge on any atom is 0.0163 e. The Hall–Kier alpha value is 0.920. The predicted octanol–water partition coefficient (Wildman–Crippen LogP) is 1.84. The molecule has 0 atom stereocenters. The fourth-order valence-corrected chi connectivity index (χ4v) is 1.39. The Labute approximate surface area is 68.9 Å². The SMILES string of the molecule is Br.NC1(CCBr)CC1. The molecule has 1 saturated carbocycles. The van der Waals surface area contributed by atoms with Crippen LogP contribution < -0.4 is 5.73 Å². The summed E-state index contributed by atoms with van der Waals surface area (Å²) in [7, 11) is 0. The lowest BCUT2D eigenvalue weighted by Gasteiger charge is -2.01. The van der Waals surface area contributed by atoms with Crippen molar-refractivity contribution in [2.45, 2.75) is 24.8 Å². The molecule has 0 saturated heterocycles. The zero-order chi connectivity index (χ0) is 5.33. The largest absolute Gasteiger partial charge is 0.325 e. The minimum Gasteiger partial charge on any atom is -0.325 e. The second-order valence-corrected chi connectivity index (χ2v) is 3.09. The lowest BCUT2D eigenvalue weighted by molar-refractivity contribution is 0.659. The van der Waals surface area contributed by atoms with Crippen LogP contribution in [0.15, 0.2) is 0 Å². The number of halogens is 2. The van der Waals surface area contributed by atoms with Gasteiger partial charge in [0, 0.05) is 10.9 Å². The van der Waals surface area contributed by atoms with Crippen LogP contribution in [0.3, 0.4) is 0 Å². The number of alkyl halides is 1. The summed E-state index contributed by atoms with van der Waals surface area (Å²) in [5, 5.41) is 1.06. The van der Waals surface area contributed by atoms with Gasteiger partial charge in [-0.15, -0.1) is 17.0 Å². The monoisotopic (exact) mass is 243 g/mol. The van der Waals surface area contributed by atoms with Crippen LogP contribution >= 0.6 is 32.9 Å². The van der Waals surface area contributed by atoms with Gasteiger partial charge in [-0.2, -0.15) is 0 Å². The molecule has 1 rings (SSSR count). The second kappa shape index (κ2) is 3.18. The van der Waals surface area contributed by atoms with Gasteiger partial charge in [-0.25, -0.2) is 0 Å². The Morgan fingerprint density at radius 1 is 1.50 bits per heavy atom. The van der Waals surface area contributed by atoms with Crippen LogP contribution in [0.5, 0.6) is 0 Å². The summed E-state index contributed by atoms with van der Waals surface area (Å²) in [4.78, 5) is 0. The van der Waals surface area contributed by atoms with Gasteiger partial charge < -0.3 is 5.73 Å². The van der Waals surface area contributed by atoms with Crippen molar-refractivity contribution in [3.05, 3.63) is 0 Å². The fraction of sp³-hybridized carbons (Fsp3) is 1.00. The first-order chi connectivity index (χ1) is 3.27. The summed E-state index contributed by atoms with van der Waals surface area (Å²) in [5.41, 5.74) is 5.98. The quantitative estimate of drug-likeness (QED) is 0.738. The van der Waals surface area contributed by atoms with Crippen LogP contribution in [0.4, 0.5) is 0 Å². The molecule has 0 aliphatic heterocycles. The molecule has 0 aromatic heterocycles. The lowest BCUT2D eigenvalue weighted by Crippen LogP contribution is -2.21. The highest BCUT2D eigenvalue weighted by atomic mass is 79.9. The van der Waals surface area contributed by atoms with Crippen molar-refractivity contribution >= 4 is 32.9 Å². The van der Waals surface area contributed by atoms with Gasteiger partial charge in [0.1, 0.15) is 0 Å². The van der Waals surface area contributed by atoms with E-state index in [-0.39, 0.29) is 22.5 Å². The van der Waals surface area contributed by atoms with E-state index in [0.717, 1.165) is 11.8 Å². The summed E-state index contributed by atoms with van der Waals surface area (Å²) >= 11 is 3.35. The molecule has 2 N–H and O–H groups in total. The van der Waals surface area contributed by atoms with Gasteiger partial charge in [0.2, 0.25) is 0 Å². The molecule has 8 heavy (non-hydrogen) atoms. The van der Waals surface area contributed by atoms with E-state index in [2.05, 4.69) is 15.9 Å². The van der Waals surface area contributed by atoms with E-state index < -0.39 is 0 Å². The zero-order valence-electron chi connectivity index (χ0n) is 4.69. The number of rotatable bonds is 2. The van der Waals surface area contributed by atoms with Crippen LogP contribution in [0.1, 0.15) is 19.3 Å². The van der Waals surface area contributed by atoms with Gasteiger partial charge >= 0.3 is 0 Å². The van der Waals surface area contributed by atoms with Crippen LogP contribution in [0.25, 0.3) is 0 Å². The molecule has 1 nitrogen and oxygen atoms in total. The summed E-state index contributed by atoms with van der Waals surface area (Å²) in [5.74, 6) is 0. The van der Waals surface area contributed by atoms with Crippen molar-refractivity contribution in [3.8, 4) is 0 Å². The molecule has 3 heteroatoms.